The van der Waals surface area contributed by atoms with Crippen LogP contribution in [0.4, 0.5) is 0 Å². The molecular formula is C29H21ClN2O3S. The van der Waals surface area contributed by atoms with Crippen molar-refractivity contribution in [1.29, 1.82) is 0 Å². The third-order valence-corrected chi connectivity index (χ3v) is 7.58. The van der Waals surface area contributed by atoms with Gasteiger partial charge in [-0.3, -0.25) is 14.2 Å². The van der Waals surface area contributed by atoms with Gasteiger partial charge in [0.15, 0.2) is 10.6 Å². The number of rotatable bonds is 4. The Balaban J connectivity index is 1.46. The largest absolute Gasteiger partial charge is 0.457 e. The SMILES string of the molecule is O=C1CCCC2=C1C(c1ccc(Cl)cc1)n1c(sc(=Cc3cccc(Oc4ccccc4)c3)c1=O)=N2. The lowest BCUT2D eigenvalue weighted by molar-refractivity contribution is -0.116. The van der Waals surface area contributed by atoms with Gasteiger partial charge in [0.05, 0.1) is 16.3 Å². The number of para-hydroxylation sites is 1. The minimum absolute atomic E-state index is 0.0555. The number of benzene rings is 3. The average molecular weight is 513 g/mol. The molecule has 6 rings (SSSR count). The van der Waals surface area contributed by atoms with E-state index in [1.807, 2.05) is 72.8 Å². The standard InChI is InChI=1S/C29H21ClN2O3S/c30-20-14-12-19(13-15-20)27-26-23(10-5-11-24(26)33)31-29-32(27)28(34)25(36-29)17-18-6-4-9-22(16-18)35-21-7-2-1-3-8-21/h1-4,6-9,12-17,27H,5,10-11H2. The molecule has 2 heterocycles. The van der Waals surface area contributed by atoms with E-state index in [0.717, 1.165) is 35.4 Å². The Hall–Kier alpha value is -3.74. The molecule has 0 saturated heterocycles. The molecule has 36 heavy (non-hydrogen) atoms. The van der Waals surface area contributed by atoms with Crippen LogP contribution >= 0.6 is 22.9 Å². The van der Waals surface area contributed by atoms with E-state index in [4.69, 9.17) is 21.3 Å². The van der Waals surface area contributed by atoms with Gasteiger partial charge < -0.3 is 4.74 Å². The van der Waals surface area contributed by atoms with Crippen LogP contribution in [0, 0.1) is 0 Å². The number of halogens is 1. The molecule has 0 bridgehead atoms. The van der Waals surface area contributed by atoms with Gasteiger partial charge in [-0.15, -0.1) is 0 Å². The summed E-state index contributed by atoms with van der Waals surface area (Å²) in [4.78, 5) is 32.1. The van der Waals surface area contributed by atoms with Gasteiger partial charge in [0.1, 0.15) is 11.5 Å². The van der Waals surface area contributed by atoms with Crippen molar-refractivity contribution in [2.24, 2.45) is 4.99 Å². The summed E-state index contributed by atoms with van der Waals surface area (Å²) in [6, 6.07) is 24.0. The van der Waals surface area contributed by atoms with Crippen molar-refractivity contribution >= 4 is 34.8 Å². The minimum Gasteiger partial charge on any atom is -0.457 e. The molecule has 1 unspecified atom stereocenters. The molecule has 0 N–H and O–H groups in total. The lowest BCUT2D eigenvalue weighted by Gasteiger charge is -2.28. The molecule has 1 aromatic heterocycles. The summed E-state index contributed by atoms with van der Waals surface area (Å²) in [5.74, 6) is 1.48. The van der Waals surface area contributed by atoms with E-state index in [9.17, 15) is 9.59 Å². The number of nitrogens with zero attached hydrogens (tertiary/aromatic N) is 2. The van der Waals surface area contributed by atoms with Crippen LogP contribution < -0.4 is 19.6 Å². The van der Waals surface area contributed by atoms with Gasteiger partial charge in [-0.25, -0.2) is 4.99 Å². The van der Waals surface area contributed by atoms with Gasteiger partial charge in [0.2, 0.25) is 0 Å². The maximum absolute atomic E-state index is 13.7. The lowest BCUT2D eigenvalue weighted by Crippen LogP contribution is -2.40. The normalized spacial score (nSPS) is 17.4. The number of ether oxygens (including phenoxy) is 1. The van der Waals surface area contributed by atoms with Crippen molar-refractivity contribution in [3.8, 4) is 11.5 Å². The van der Waals surface area contributed by atoms with E-state index in [-0.39, 0.29) is 11.3 Å². The summed E-state index contributed by atoms with van der Waals surface area (Å²) in [5.41, 5.74) is 2.94. The predicted molar refractivity (Wildman–Crippen MR) is 141 cm³/mol. The molecule has 0 amide bonds. The molecule has 0 spiro atoms. The average Bonchev–Trinajstić information content (AvgIpc) is 3.19. The Labute approximate surface area is 216 Å². The monoisotopic (exact) mass is 512 g/mol. The first-order chi connectivity index (χ1) is 17.6. The van der Waals surface area contributed by atoms with E-state index >= 15 is 0 Å². The van der Waals surface area contributed by atoms with Crippen molar-refractivity contribution in [3.63, 3.8) is 0 Å². The number of ketones is 1. The summed E-state index contributed by atoms with van der Waals surface area (Å²) >= 11 is 7.47. The summed E-state index contributed by atoms with van der Waals surface area (Å²) in [5, 5.41) is 0.605. The zero-order valence-corrected chi connectivity index (χ0v) is 20.8. The first-order valence-electron chi connectivity index (χ1n) is 11.7. The number of fused-ring (bicyclic) bond motifs is 1. The zero-order valence-electron chi connectivity index (χ0n) is 19.2. The number of aromatic nitrogens is 1. The Morgan fingerprint density at radius 3 is 2.53 bits per heavy atom. The number of carbonyl (C=O) groups is 1. The van der Waals surface area contributed by atoms with Crippen LogP contribution in [0.3, 0.4) is 0 Å². The number of allylic oxidation sites excluding steroid dienone is 2. The quantitative estimate of drug-likeness (QED) is 0.367. The fourth-order valence-electron chi connectivity index (χ4n) is 4.71. The van der Waals surface area contributed by atoms with Gasteiger partial charge in [0, 0.05) is 17.0 Å². The second kappa shape index (κ2) is 9.37. The van der Waals surface area contributed by atoms with Crippen LogP contribution in [-0.2, 0) is 4.79 Å². The van der Waals surface area contributed by atoms with Crippen molar-refractivity contribution in [1.82, 2.24) is 4.57 Å². The molecule has 0 saturated carbocycles. The molecule has 1 aliphatic heterocycles. The summed E-state index contributed by atoms with van der Waals surface area (Å²) in [6.45, 7) is 0. The fraction of sp³-hybridized carbons (Fsp3) is 0.138. The molecular weight excluding hydrogens is 492 g/mol. The number of hydrogen-bond donors (Lipinski definition) is 0. The van der Waals surface area contributed by atoms with E-state index < -0.39 is 6.04 Å². The molecule has 5 nitrogen and oxygen atoms in total. The highest BCUT2D eigenvalue weighted by Crippen LogP contribution is 2.36. The topological polar surface area (TPSA) is 60.7 Å². The maximum atomic E-state index is 13.7. The Morgan fingerprint density at radius 2 is 1.72 bits per heavy atom. The van der Waals surface area contributed by atoms with Crippen LogP contribution in [-0.4, -0.2) is 10.4 Å². The molecule has 178 valence electrons. The molecule has 0 fully saturated rings. The minimum atomic E-state index is -0.504. The van der Waals surface area contributed by atoms with Gasteiger partial charge in [-0.1, -0.05) is 65.4 Å². The van der Waals surface area contributed by atoms with Gasteiger partial charge in [-0.2, -0.15) is 0 Å². The fourth-order valence-corrected chi connectivity index (χ4v) is 5.86. The van der Waals surface area contributed by atoms with E-state index in [1.54, 1.807) is 16.7 Å². The van der Waals surface area contributed by atoms with Crippen molar-refractivity contribution in [3.05, 3.63) is 126 Å². The molecule has 3 aromatic carbocycles. The van der Waals surface area contributed by atoms with Crippen LogP contribution in [0.1, 0.15) is 36.4 Å². The van der Waals surface area contributed by atoms with E-state index in [0.29, 0.717) is 32.1 Å². The number of Topliss-reactive ketones (excluding diaryl/α,β-unsaturated/α-hetero) is 1. The molecule has 4 aromatic rings. The summed E-state index contributed by atoms with van der Waals surface area (Å²) < 4.78 is 8.17. The Bertz CT molecular complexity index is 1690. The lowest BCUT2D eigenvalue weighted by atomic mass is 9.86. The molecule has 2 aliphatic rings. The van der Waals surface area contributed by atoms with Crippen molar-refractivity contribution in [2.45, 2.75) is 25.3 Å². The molecule has 1 atom stereocenters. The highest BCUT2D eigenvalue weighted by Gasteiger charge is 2.34. The maximum Gasteiger partial charge on any atom is 0.271 e. The zero-order chi connectivity index (χ0) is 24.6. The van der Waals surface area contributed by atoms with Crippen LogP contribution in [0.5, 0.6) is 11.5 Å². The number of hydrogen-bond acceptors (Lipinski definition) is 5. The second-order valence-electron chi connectivity index (χ2n) is 8.76. The highest BCUT2D eigenvalue weighted by atomic mass is 35.5. The highest BCUT2D eigenvalue weighted by molar-refractivity contribution is 7.07. The smallest absolute Gasteiger partial charge is 0.271 e. The third-order valence-electron chi connectivity index (χ3n) is 6.35. The predicted octanol–water partition coefficient (Wildman–Crippen LogP) is 5.41. The van der Waals surface area contributed by atoms with Crippen LogP contribution in [0.2, 0.25) is 5.02 Å². The van der Waals surface area contributed by atoms with Crippen LogP contribution in [0.15, 0.2) is 99.9 Å². The Morgan fingerprint density at radius 1 is 0.944 bits per heavy atom. The van der Waals surface area contributed by atoms with Gasteiger partial charge in [-0.05, 0) is 66.4 Å². The third kappa shape index (κ3) is 4.23. The summed E-state index contributed by atoms with van der Waals surface area (Å²) in [7, 11) is 0. The molecule has 1 aliphatic carbocycles. The summed E-state index contributed by atoms with van der Waals surface area (Å²) in [6.07, 6.45) is 3.83. The van der Waals surface area contributed by atoms with E-state index in [2.05, 4.69) is 0 Å². The number of carbonyl (C=O) groups excluding carboxylic acids is 1. The van der Waals surface area contributed by atoms with Gasteiger partial charge in [0.25, 0.3) is 5.56 Å². The first-order valence-corrected chi connectivity index (χ1v) is 12.9. The van der Waals surface area contributed by atoms with Crippen LogP contribution in [0.25, 0.3) is 6.08 Å². The second-order valence-corrected chi connectivity index (χ2v) is 10.2. The van der Waals surface area contributed by atoms with Crippen molar-refractivity contribution in [2.75, 3.05) is 0 Å². The molecule has 0 radical (unpaired) electrons. The first kappa shape index (κ1) is 22.7. The Kier molecular flexibility index (Phi) is 5.91. The van der Waals surface area contributed by atoms with Crippen molar-refractivity contribution < 1.29 is 9.53 Å². The molecule has 7 heteroatoms. The number of thiazole rings is 1. The van der Waals surface area contributed by atoms with E-state index in [1.165, 1.54) is 11.3 Å². The van der Waals surface area contributed by atoms with Gasteiger partial charge >= 0.3 is 0 Å².